The van der Waals surface area contributed by atoms with Crippen LogP contribution < -0.4 is 9.47 Å². The van der Waals surface area contributed by atoms with E-state index in [2.05, 4.69) is 223 Å². The van der Waals surface area contributed by atoms with E-state index in [0.717, 1.165) is 57.3 Å². The minimum atomic E-state index is -4.36. The number of alkyl halides is 3. The molecule has 8 aromatic rings. The molecule has 620 valence electrons. The van der Waals surface area contributed by atoms with Crippen molar-refractivity contribution in [3.63, 3.8) is 0 Å². The van der Waals surface area contributed by atoms with Crippen molar-refractivity contribution in [3.8, 4) is 11.8 Å². The Morgan fingerprint density at radius 1 is 0.348 bits per heavy atom. The highest BCUT2D eigenvalue weighted by atomic mass is 35.5. The lowest BCUT2D eigenvalue weighted by Crippen LogP contribution is -2.12. The standard InChI is InChI=1S/C14H21NO.C14H21N.C12H16F3N.C12H19NO.C11H16ClN.2C11H16FN.C10H16N2/c1-9(2)12-7-8-13(16-11-5-6-11)15-14(12)10(3)4;1-9(2)12-7-8-13(11-5-6-11)15-14(12)10(3)4;1-7(2)9-5-6-10(12(13,14)15)16-11(9)8(3)4;1-8(2)10-6-7-11(14-5)13-12(10)9(3)4;1-7(2)9-5-6-10(12)13-11(9)8(3)4;1-7(2)10-9(12)5-6-13-11(10)8(3)4;1-7(2)9-5-6-10(12)13-11(9)8(3)4;1-7(2)9-5-11-6-12-10(9)8(3)4/h7-11H,5-6H2,1-4H3;7-11H,5-6H2,1-4H3;5-8H,1-4H3;6-9H,1-5H3;3*5-8H,1-4H3;5-8H,1-4H3. The van der Waals surface area contributed by atoms with Gasteiger partial charge in [-0.2, -0.15) is 17.6 Å². The highest BCUT2D eigenvalue weighted by Crippen LogP contribution is 2.41. The molecule has 17 heteroatoms. The normalized spacial score (nSPS) is 12.8. The first-order chi connectivity index (χ1) is 52.2. The summed E-state index contributed by atoms with van der Waals surface area (Å²) in [4.78, 5) is 38.6. The molecule has 11 nitrogen and oxygen atoms in total. The van der Waals surface area contributed by atoms with Gasteiger partial charge in [-0.15, -0.1) is 0 Å². The number of ether oxygens (including phenoxy) is 2. The van der Waals surface area contributed by atoms with Gasteiger partial charge in [0, 0.05) is 75.9 Å². The van der Waals surface area contributed by atoms with Crippen molar-refractivity contribution < 1.29 is 31.4 Å². The molecule has 0 aromatic carbocycles. The van der Waals surface area contributed by atoms with Crippen molar-refractivity contribution in [2.75, 3.05) is 7.11 Å². The van der Waals surface area contributed by atoms with Crippen LogP contribution in [0.4, 0.5) is 22.0 Å². The van der Waals surface area contributed by atoms with E-state index in [9.17, 15) is 22.0 Å². The van der Waals surface area contributed by atoms with Gasteiger partial charge in [0.25, 0.3) is 0 Å². The summed E-state index contributed by atoms with van der Waals surface area (Å²) in [5.74, 6) is 8.17. The summed E-state index contributed by atoms with van der Waals surface area (Å²) >= 11 is 5.85. The van der Waals surface area contributed by atoms with E-state index in [1.54, 1.807) is 13.4 Å². The Kier molecular flexibility index (Phi) is 41.4. The Balaban J connectivity index is 0.000000332. The molecule has 0 bridgehead atoms. The molecule has 112 heavy (non-hydrogen) atoms. The third-order valence-electron chi connectivity index (χ3n) is 19.0. The molecule has 0 aliphatic heterocycles. The first-order valence-corrected chi connectivity index (χ1v) is 41.6. The van der Waals surface area contributed by atoms with Gasteiger partial charge >= 0.3 is 6.18 Å². The molecule has 0 N–H and O–H groups in total. The topological polar surface area (TPSA) is 134 Å². The molecule has 0 spiro atoms. The first-order valence-electron chi connectivity index (χ1n) is 41.2. The van der Waals surface area contributed by atoms with Crippen LogP contribution in [0.15, 0.2) is 97.6 Å². The van der Waals surface area contributed by atoms with Crippen LogP contribution in [0.25, 0.3) is 0 Å². The van der Waals surface area contributed by atoms with Crippen molar-refractivity contribution >= 4 is 11.6 Å². The maximum atomic E-state index is 13.4. The lowest BCUT2D eigenvalue weighted by molar-refractivity contribution is -0.141. The number of aromatic nitrogens is 9. The van der Waals surface area contributed by atoms with E-state index in [-0.39, 0.29) is 41.4 Å². The minimum Gasteiger partial charge on any atom is -0.481 e. The SMILES string of the molecule is CC(C)c1ccc(C(F)(F)F)nc1C(C)C.CC(C)c1ccc(C2CC2)nc1C(C)C.CC(C)c1ccc(Cl)nc1C(C)C.CC(C)c1ccc(F)nc1C(C)C.CC(C)c1ccc(OC2CC2)nc1C(C)C.CC(C)c1cncnc1C(C)C.CC(C)c1nccc(F)c1C(C)C.COc1ccc(C(C)C)c(C(C)C)n1. The van der Waals surface area contributed by atoms with Crippen LogP contribution in [0.1, 0.15) is 449 Å². The van der Waals surface area contributed by atoms with Gasteiger partial charge in [0.05, 0.1) is 18.5 Å². The van der Waals surface area contributed by atoms with E-state index in [4.69, 9.17) is 26.1 Å². The zero-order chi connectivity index (χ0) is 85.1. The number of rotatable bonds is 20. The summed E-state index contributed by atoms with van der Waals surface area (Å²) in [5, 5.41) is 0.591. The Labute approximate surface area is 679 Å². The van der Waals surface area contributed by atoms with E-state index in [1.807, 2.05) is 99.7 Å². The number of hydrogen-bond donors (Lipinski definition) is 0. The Morgan fingerprint density at radius 3 is 1.09 bits per heavy atom. The molecule has 0 atom stereocenters. The Bertz CT molecular complexity index is 4000. The van der Waals surface area contributed by atoms with Crippen molar-refractivity contribution in [3.05, 3.63) is 216 Å². The van der Waals surface area contributed by atoms with Gasteiger partial charge in [-0.3, -0.25) is 9.97 Å². The second-order valence-corrected chi connectivity index (χ2v) is 35.0. The van der Waals surface area contributed by atoms with Gasteiger partial charge in [-0.05, 0) is 190 Å². The first kappa shape index (κ1) is 98.9. The molecule has 8 heterocycles. The largest absolute Gasteiger partial charge is 0.481 e. The average molecular weight is 1570 g/mol. The maximum absolute atomic E-state index is 13.4. The summed E-state index contributed by atoms with van der Waals surface area (Å²) in [7, 11) is 1.65. The molecule has 10 rings (SSSR count). The van der Waals surface area contributed by atoms with Crippen molar-refractivity contribution in [2.24, 2.45) is 0 Å². The number of methoxy groups -OCH3 is 1. The van der Waals surface area contributed by atoms with Gasteiger partial charge in [0.15, 0.2) is 0 Å². The predicted molar refractivity (Wildman–Crippen MR) is 459 cm³/mol. The third kappa shape index (κ3) is 32.2. The third-order valence-corrected chi connectivity index (χ3v) is 19.2. The smallest absolute Gasteiger partial charge is 0.433 e. The van der Waals surface area contributed by atoms with Gasteiger partial charge < -0.3 is 9.47 Å². The second kappa shape index (κ2) is 46.9. The zero-order valence-electron chi connectivity index (χ0n) is 74.6. The van der Waals surface area contributed by atoms with Crippen LogP contribution in [0.2, 0.25) is 5.15 Å². The quantitative estimate of drug-likeness (QED) is 0.0533. The molecule has 2 aliphatic carbocycles. The molecular formula is C95H141ClF5N9O2. The summed E-state index contributed by atoms with van der Waals surface area (Å²) in [6.07, 6.45) is 6.20. The van der Waals surface area contributed by atoms with Crippen molar-refractivity contribution in [2.45, 2.75) is 360 Å². The monoisotopic (exact) mass is 1570 g/mol. The zero-order valence-corrected chi connectivity index (χ0v) is 75.3. The molecule has 2 aliphatic rings. The van der Waals surface area contributed by atoms with Crippen LogP contribution in [0, 0.1) is 11.8 Å². The van der Waals surface area contributed by atoms with E-state index in [1.165, 1.54) is 101 Å². The molecule has 2 fully saturated rings. The number of pyridine rings is 7. The number of hydrogen-bond acceptors (Lipinski definition) is 11. The second-order valence-electron chi connectivity index (χ2n) is 34.6. The van der Waals surface area contributed by atoms with Gasteiger partial charge in [-0.1, -0.05) is 270 Å². The summed E-state index contributed by atoms with van der Waals surface area (Å²) in [5.41, 5.74) is 18.3. The lowest BCUT2D eigenvalue weighted by Gasteiger charge is -2.17. The molecule has 0 radical (unpaired) electrons. The molecule has 8 aromatic heterocycles. The van der Waals surface area contributed by atoms with Crippen LogP contribution in [-0.4, -0.2) is 58.1 Å². The molecule has 0 saturated heterocycles. The molecule has 2 saturated carbocycles. The van der Waals surface area contributed by atoms with E-state index < -0.39 is 11.9 Å². The fraction of sp³-hybridized carbons (Fsp3) is 0.589. The highest BCUT2D eigenvalue weighted by molar-refractivity contribution is 6.29. The molecule has 0 amide bonds. The molecule has 0 unspecified atom stereocenters. The summed E-state index contributed by atoms with van der Waals surface area (Å²) in [6.45, 7) is 67.7. The van der Waals surface area contributed by atoms with Gasteiger partial charge in [0.1, 0.15) is 29.1 Å². The van der Waals surface area contributed by atoms with Gasteiger partial charge in [0.2, 0.25) is 17.7 Å². The lowest BCUT2D eigenvalue weighted by atomic mass is 9.95. The fourth-order valence-corrected chi connectivity index (χ4v) is 12.8. The Morgan fingerprint density at radius 2 is 0.714 bits per heavy atom. The van der Waals surface area contributed by atoms with Gasteiger partial charge in [-0.25, -0.2) is 39.3 Å². The van der Waals surface area contributed by atoms with E-state index >= 15 is 0 Å². The highest BCUT2D eigenvalue weighted by Gasteiger charge is 2.34. The van der Waals surface area contributed by atoms with Crippen LogP contribution in [-0.2, 0) is 6.18 Å². The van der Waals surface area contributed by atoms with Crippen molar-refractivity contribution in [1.29, 1.82) is 0 Å². The fourth-order valence-electron chi connectivity index (χ4n) is 12.6. The van der Waals surface area contributed by atoms with Crippen LogP contribution in [0.5, 0.6) is 11.8 Å². The predicted octanol–water partition coefficient (Wildman–Crippen LogP) is 29.4. The van der Waals surface area contributed by atoms with Crippen LogP contribution >= 0.6 is 11.6 Å². The Hall–Kier alpha value is -7.33. The molecular weight excluding hydrogens is 1430 g/mol. The maximum Gasteiger partial charge on any atom is 0.433 e. The van der Waals surface area contributed by atoms with Crippen LogP contribution in [0.3, 0.4) is 0 Å². The summed E-state index contributed by atoms with van der Waals surface area (Å²) in [6, 6.07) is 24.0. The summed E-state index contributed by atoms with van der Waals surface area (Å²) < 4.78 is 74.7. The number of halogens is 6. The minimum absolute atomic E-state index is 0.000278. The van der Waals surface area contributed by atoms with Crippen molar-refractivity contribution in [1.82, 2.24) is 44.9 Å². The average Bonchev–Trinajstić information content (AvgIpc) is 1.54. The number of nitrogens with zero attached hydrogens (tertiary/aromatic N) is 9. The van der Waals surface area contributed by atoms with E-state index in [0.29, 0.717) is 87.9 Å².